The van der Waals surface area contributed by atoms with Crippen LogP contribution < -0.4 is 10.1 Å². The molecule has 0 saturated carbocycles. The van der Waals surface area contributed by atoms with E-state index < -0.39 is 0 Å². The molecule has 1 heterocycles. The lowest BCUT2D eigenvalue weighted by molar-refractivity contribution is 0.0949. The second kappa shape index (κ2) is 8.96. The summed E-state index contributed by atoms with van der Waals surface area (Å²) in [7, 11) is 1.84. The number of H-pyrrole nitrogens is 1. The van der Waals surface area contributed by atoms with Gasteiger partial charge in [0.15, 0.2) is 4.77 Å². The van der Waals surface area contributed by atoms with E-state index in [0.717, 1.165) is 15.9 Å². The molecule has 1 amide bonds. The first-order chi connectivity index (χ1) is 13.1. The maximum atomic E-state index is 12.6. The monoisotopic (exact) mass is 446 g/mol. The lowest BCUT2D eigenvalue weighted by Crippen LogP contribution is -2.26. The Labute approximate surface area is 170 Å². The molecule has 6 nitrogen and oxygen atoms in total. The van der Waals surface area contributed by atoms with Gasteiger partial charge in [-0.1, -0.05) is 46.3 Å². The molecular formula is C19H19BrN4O2S. The number of rotatable bonds is 7. The number of halogens is 1. The minimum atomic E-state index is -0.186. The molecule has 0 saturated heterocycles. The summed E-state index contributed by atoms with van der Waals surface area (Å²) in [6.07, 6.45) is 0.579. The third kappa shape index (κ3) is 4.84. The first-order valence-corrected chi connectivity index (χ1v) is 9.60. The predicted molar refractivity (Wildman–Crippen MR) is 109 cm³/mol. The van der Waals surface area contributed by atoms with E-state index in [9.17, 15) is 4.79 Å². The highest BCUT2D eigenvalue weighted by Gasteiger charge is 2.13. The fourth-order valence-electron chi connectivity index (χ4n) is 2.54. The van der Waals surface area contributed by atoms with Gasteiger partial charge in [0.2, 0.25) is 0 Å². The van der Waals surface area contributed by atoms with Crippen LogP contribution >= 0.6 is 28.1 Å². The molecule has 0 atom stereocenters. The van der Waals surface area contributed by atoms with Crippen LogP contribution in [0.3, 0.4) is 0 Å². The fourth-order valence-corrected chi connectivity index (χ4v) is 3.09. The van der Waals surface area contributed by atoms with E-state index in [1.807, 2.05) is 43.4 Å². The zero-order valence-corrected chi connectivity index (χ0v) is 17.1. The molecule has 2 N–H and O–H groups in total. The van der Waals surface area contributed by atoms with Gasteiger partial charge in [-0.2, -0.15) is 5.10 Å². The SMILES string of the molecule is Cn1c(CCNC(=O)c2ccccc2OCc2ccccc2Br)n[nH]c1=S. The topological polar surface area (TPSA) is 71.9 Å². The minimum Gasteiger partial charge on any atom is -0.488 e. The number of hydrogen-bond acceptors (Lipinski definition) is 4. The zero-order valence-electron chi connectivity index (χ0n) is 14.7. The molecule has 140 valence electrons. The van der Waals surface area contributed by atoms with Crippen LogP contribution in [0.2, 0.25) is 0 Å². The second-order valence-corrected chi connectivity index (χ2v) is 7.13. The highest BCUT2D eigenvalue weighted by molar-refractivity contribution is 9.10. The van der Waals surface area contributed by atoms with Crippen molar-refractivity contribution in [3.63, 3.8) is 0 Å². The Morgan fingerprint density at radius 1 is 1.26 bits per heavy atom. The number of nitrogens with zero attached hydrogens (tertiary/aromatic N) is 2. The summed E-state index contributed by atoms with van der Waals surface area (Å²) in [5, 5.41) is 9.78. The average molecular weight is 447 g/mol. The highest BCUT2D eigenvalue weighted by Crippen LogP contribution is 2.22. The summed E-state index contributed by atoms with van der Waals surface area (Å²) in [6.45, 7) is 0.821. The maximum Gasteiger partial charge on any atom is 0.255 e. The van der Waals surface area contributed by atoms with Gasteiger partial charge in [-0.15, -0.1) is 0 Å². The molecule has 0 bridgehead atoms. The summed E-state index contributed by atoms with van der Waals surface area (Å²) in [5.74, 6) is 1.15. The summed E-state index contributed by atoms with van der Waals surface area (Å²) in [4.78, 5) is 12.6. The van der Waals surface area contributed by atoms with Gasteiger partial charge in [-0.3, -0.25) is 9.89 Å². The van der Waals surface area contributed by atoms with E-state index in [1.54, 1.807) is 16.7 Å². The van der Waals surface area contributed by atoms with E-state index >= 15 is 0 Å². The highest BCUT2D eigenvalue weighted by atomic mass is 79.9. The number of aromatic nitrogens is 3. The number of aromatic amines is 1. The Bertz CT molecular complexity index is 999. The van der Waals surface area contributed by atoms with Gasteiger partial charge in [0.25, 0.3) is 5.91 Å². The molecule has 1 aromatic heterocycles. The first-order valence-electron chi connectivity index (χ1n) is 8.40. The summed E-state index contributed by atoms with van der Waals surface area (Å²) in [6, 6.07) is 15.0. The molecule has 0 aliphatic rings. The van der Waals surface area contributed by atoms with Crippen LogP contribution in [0.5, 0.6) is 5.75 Å². The number of hydrogen-bond donors (Lipinski definition) is 2. The summed E-state index contributed by atoms with van der Waals surface area (Å²) in [5.41, 5.74) is 1.51. The fraction of sp³-hybridized carbons (Fsp3) is 0.211. The molecular weight excluding hydrogens is 428 g/mol. The van der Waals surface area contributed by atoms with Crippen LogP contribution in [0.1, 0.15) is 21.7 Å². The number of amides is 1. The third-order valence-electron chi connectivity index (χ3n) is 4.08. The predicted octanol–water partition coefficient (Wildman–Crippen LogP) is 3.79. The molecule has 0 unspecified atom stereocenters. The number of ether oxygens (including phenoxy) is 1. The molecule has 2 aromatic carbocycles. The van der Waals surface area contributed by atoms with Gasteiger partial charge in [-0.25, -0.2) is 0 Å². The molecule has 0 spiro atoms. The lowest BCUT2D eigenvalue weighted by Gasteiger charge is -2.12. The van der Waals surface area contributed by atoms with Crippen LogP contribution in [-0.4, -0.2) is 27.2 Å². The number of nitrogens with one attached hydrogen (secondary N) is 2. The standard InChI is InChI=1S/C19H19BrN4O2S/c1-24-17(22-23-19(24)27)10-11-21-18(25)14-7-3-5-9-16(14)26-12-13-6-2-4-8-15(13)20/h2-9H,10-12H2,1H3,(H,21,25)(H,23,27). The van der Waals surface area contributed by atoms with Crippen LogP contribution in [0.25, 0.3) is 0 Å². The van der Waals surface area contributed by atoms with Gasteiger partial charge in [0, 0.05) is 30.0 Å². The second-order valence-electron chi connectivity index (χ2n) is 5.89. The number of carbonyl (C=O) groups is 1. The average Bonchev–Trinajstić information content (AvgIpc) is 3.00. The van der Waals surface area contributed by atoms with Crippen LogP contribution in [0.4, 0.5) is 0 Å². The van der Waals surface area contributed by atoms with Crippen LogP contribution in [0.15, 0.2) is 53.0 Å². The Balaban J connectivity index is 1.62. The van der Waals surface area contributed by atoms with E-state index in [4.69, 9.17) is 17.0 Å². The van der Waals surface area contributed by atoms with Crippen molar-refractivity contribution in [2.75, 3.05) is 6.54 Å². The Kier molecular flexibility index (Phi) is 6.41. The van der Waals surface area contributed by atoms with Gasteiger partial charge in [0.05, 0.1) is 5.56 Å². The van der Waals surface area contributed by atoms with E-state index in [-0.39, 0.29) is 5.91 Å². The zero-order chi connectivity index (χ0) is 19.2. The van der Waals surface area contributed by atoms with Crippen molar-refractivity contribution in [3.05, 3.63) is 74.7 Å². The number of para-hydroxylation sites is 1. The van der Waals surface area contributed by atoms with Crippen molar-refractivity contribution in [1.82, 2.24) is 20.1 Å². The molecule has 8 heteroatoms. The normalized spacial score (nSPS) is 10.6. The van der Waals surface area contributed by atoms with Crippen LogP contribution in [-0.2, 0) is 20.1 Å². The summed E-state index contributed by atoms with van der Waals surface area (Å²) < 4.78 is 9.20. The Morgan fingerprint density at radius 3 is 2.74 bits per heavy atom. The molecule has 0 aliphatic carbocycles. The van der Waals surface area contributed by atoms with E-state index in [0.29, 0.717) is 35.7 Å². The molecule has 3 aromatic rings. The van der Waals surface area contributed by atoms with Gasteiger partial charge in [0.1, 0.15) is 18.2 Å². The quantitative estimate of drug-likeness (QED) is 0.541. The van der Waals surface area contributed by atoms with Gasteiger partial charge >= 0.3 is 0 Å². The molecule has 0 fully saturated rings. The molecule has 0 aliphatic heterocycles. The molecule has 27 heavy (non-hydrogen) atoms. The van der Waals surface area contributed by atoms with E-state index in [1.165, 1.54) is 0 Å². The van der Waals surface area contributed by atoms with Crippen molar-refractivity contribution in [1.29, 1.82) is 0 Å². The van der Waals surface area contributed by atoms with Crippen molar-refractivity contribution in [2.45, 2.75) is 13.0 Å². The minimum absolute atomic E-state index is 0.186. The van der Waals surface area contributed by atoms with Crippen molar-refractivity contribution in [2.24, 2.45) is 7.05 Å². The van der Waals surface area contributed by atoms with Crippen molar-refractivity contribution in [3.8, 4) is 5.75 Å². The van der Waals surface area contributed by atoms with Gasteiger partial charge in [-0.05, 0) is 30.4 Å². The molecule has 3 rings (SSSR count). The smallest absolute Gasteiger partial charge is 0.255 e. The number of carbonyl (C=O) groups excluding carboxylic acids is 1. The Morgan fingerprint density at radius 2 is 2.00 bits per heavy atom. The maximum absolute atomic E-state index is 12.6. The molecule has 0 radical (unpaired) electrons. The largest absolute Gasteiger partial charge is 0.488 e. The van der Waals surface area contributed by atoms with Crippen molar-refractivity contribution < 1.29 is 9.53 Å². The number of benzene rings is 2. The van der Waals surface area contributed by atoms with E-state index in [2.05, 4.69) is 31.4 Å². The van der Waals surface area contributed by atoms with Crippen LogP contribution in [0, 0.1) is 4.77 Å². The summed E-state index contributed by atoms with van der Waals surface area (Å²) >= 11 is 8.59. The third-order valence-corrected chi connectivity index (χ3v) is 5.22. The first kappa shape index (κ1) is 19.3. The lowest BCUT2D eigenvalue weighted by atomic mass is 10.2. The van der Waals surface area contributed by atoms with Crippen molar-refractivity contribution >= 4 is 34.1 Å². The van der Waals surface area contributed by atoms with Gasteiger partial charge < -0.3 is 14.6 Å². The Hall–Kier alpha value is -2.45.